The summed E-state index contributed by atoms with van der Waals surface area (Å²) < 4.78 is 95.4. The van der Waals surface area contributed by atoms with Gasteiger partial charge >= 0.3 is 15.6 Å². The van der Waals surface area contributed by atoms with Gasteiger partial charge in [0.1, 0.15) is 65.5 Å². The fraction of sp³-hybridized carbons (Fsp3) is 0.311. The zero-order valence-electron chi connectivity index (χ0n) is 50.0. The number of benzene rings is 5. The number of fused-ring (bicyclic) bond motifs is 2. The Labute approximate surface area is 534 Å². The molecule has 11 rings (SSSR count). The predicted molar refractivity (Wildman–Crippen MR) is 336 cm³/mol. The van der Waals surface area contributed by atoms with Gasteiger partial charge in [-0.25, -0.2) is 19.1 Å². The van der Waals surface area contributed by atoms with E-state index in [1.54, 1.807) is 66.2 Å². The standard InChI is InChI=1S/C61H62Cl2N10O17P2/c1-34(2)55(74)68-59-66-53-51(57(76)70-59)64-32-72(53)49-28-45(89-91(78,79)87-43-24-16-39(62)17-25-43)48(86-49)31-84-92(80,88-44-26-18-40(63)19-27-44)90-46-29-50(73-33-65-52-54(73)67-60(71-58(52)77)69-56(75)35(3)4)85-47(46)30-83-61(36-10-8-7-9-11-36,37-12-20-41(81-5)21-13-37)38-14-22-42(82-6)23-15-38/h7-27,32-35,45-50H,28-31H2,1-6H3,(H,78,79)(H2,66,68,70,74,76)(H2,67,69,71,75,77)/t45-,46-,47+,48+,49+,50+,92?/m0/s1. The van der Waals surface area contributed by atoms with Crippen molar-refractivity contribution in [2.45, 2.75) is 83.0 Å². The summed E-state index contributed by atoms with van der Waals surface area (Å²) in [5.74, 6) is -1.15. The van der Waals surface area contributed by atoms with Crippen LogP contribution >= 0.6 is 38.8 Å². The van der Waals surface area contributed by atoms with Crippen LogP contribution in [0, 0.1) is 11.8 Å². The van der Waals surface area contributed by atoms with Crippen LogP contribution in [0.4, 0.5) is 11.9 Å². The first-order valence-electron chi connectivity index (χ1n) is 28.8. The lowest BCUT2D eigenvalue weighted by atomic mass is 9.80. The highest BCUT2D eigenvalue weighted by Gasteiger charge is 2.49. The summed E-state index contributed by atoms with van der Waals surface area (Å²) in [6, 6.07) is 35.4. The molecule has 2 fully saturated rings. The van der Waals surface area contributed by atoms with Crippen molar-refractivity contribution in [2.75, 3.05) is 38.1 Å². The van der Waals surface area contributed by atoms with E-state index in [-0.39, 0.29) is 65.2 Å². The second-order valence-corrected chi connectivity index (χ2v) is 25.6. The first kappa shape index (κ1) is 65.2. The summed E-state index contributed by atoms with van der Waals surface area (Å²) in [5, 5.41) is 5.83. The molecule has 482 valence electrons. The predicted octanol–water partition coefficient (Wildman–Crippen LogP) is 10.5. The number of carbonyl (C=O) groups excluding carboxylic acids is 2. The van der Waals surface area contributed by atoms with Crippen LogP contribution in [0.3, 0.4) is 0 Å². The number of rotatable bonds is 25. The summed E-state index contributed by atoms with van der Waals surface area (Å²) in [6.07, 6.45) is -5.67. The molecule has 0 spiro atoms. The van der Waals surface area contributed by atoms with Crippen LogP contribution in [0.5, 0.6) is 23.0 Å². The molecule has 31 heteroatoms. The molecule has 5 N–H and O–H groups in total. The normalized spacial score (nSPS) is 19.6. The van der Waals surface area contributed by atoms with Gasteiger partial charge in [0.2, 0.25) is 23.7 Å². The maximum Gasteiger partial charge on any atom is 0.530 e. The van der Waals surface area contributed by atoms with E-state index in [0.717, 1.165) is 0 Å². The molecule has 9 aromatic rings. The fourth-order valence-electron chi connectivity index (χ4n) is 10.3. The number of amides is 2. The number of phosphoric acid groups is 2. The fourth-order valence-corrected chi connectivity index (χ4v) is 13.0. The van der Waals surface area contributed by atoms with E-state index in [2.05, 4.69) is 40.5 Å². The maximum atomic E-state index is 16.1. The van der Waals surface area contributed by atoms with E-state index < -0.39 is 99.5 Å². The molecule has 2 unspecified atom stereocenters. The molecule has 6 heterocycles. The van der Waals surface area contributed by atoms with E-state index in [4.69, 9.17) is 69.5 Å². The highest BCUT2D eigenvalue weighted by molar-refractivity contribution is 7.49. The first-order chi connectivity index (χ1) is 44.1. The monoisotopic (exact) mass is 1340 g/mol. The minimum Gasteiger partial charge on any atom is -0.497 e. The first-order valence-corrected chi connectivity index (χ1v) is 32.5. The van der Waals surface area contributed by atoms with Crippen molar-refractivity contribution in [3.8, 4) is 23.0 Å². The van der Waals surface area contributed by atoms with Crippen molar-refractivity contribution in [1.82, 2.24) is 39.0 Å². The van der Waals surface area contributed by atoms with Gasteiger partial charge < -0.3 is 32.7 Å². The highest BCUT2D eigenvalue weighted by atomic mass is 35.5. The van der Waals surface area contributed by atoms with Crippen molar-refractivity contribution < 1.29 is 69.9 Å². The Kier molecular flexibility index (Phi) is 19.5. The van der Waals surface area contributed by atoms with Crippen molar-refractivity contribution in [1.29, 1.82) is 0 Å². The molecule has 5 aromatic carbocycles. The van der Waals surface area contributed by atoms with Crippen molar-refractivity contribution in [3.63, 3.8) is 0 Å². The van der Waals surface area contributed by atoms with Crippen LogP contribution < -0.4 is 40.3 Å². The number of hydrogen-bond acceptors (Lipinski definition) is 20. The molecule has 8 atom stereocenters. The number of aromatic nitrogens is 8. The number of hydrogen-bond donors (Lipinski definition) is 5. The number of H-pyrrole nitrogens is 2. The molecular weight excluding hydrogens is 1280 g/mol. The van der Waals surface area contributed by atoms with Crippen LogP contribution in [-0.4, -0.2) is 108 Å². The van der Waals surface area contributed by atoms with Crippen LogP contribution in [0.1, 0.15) is 69.7 Å². The molecule has 0 saturated carbocycles. The second kappa shape index (κ2) is 27.5. The number of halogens is 2. The average Bonchev–Trinajstić information content (AvgIpc) is 1.13. The molecule has 2 saturated heterocycles. The number of nitrogens with zero attached hydrogens (tertiary/aromatic N) is 6. The summed E-state index contributed by atoms with van der Waals surface area (Å²) in [4.78, 5) is 86.7. The number of imidazole rings is 2. The molecule has 0 bridgehead atoms. The van der Waals surface area contributed by atoms with E-state index >= 15 is 4.57 Å². The SMILES string of the molecule is COc1ccc(C(OC[C@H]2O[C@@H](n3cnc4c(=O)[nH]c(NC(=O)C(C)C)nc43)C[C@@H]2OP(=O)(OC[C@H]2O[C@@H](n3cnc4c(=O)[nH]c(NC(=O)C(C)C)nc43)C[C@@H]2OP(=O)(O)Oc2ccc(Cl)cc2)Oc2ccc(Cl)cc2)(c2ccccc2)c2ccc(OC)cc2)cc1. The topological polar surface area (TPSA) is 332 Å². The number of phosphoric ester groups is 2. The van der Waals surface area contributed by atoms with Crippen LogP contribution in [0.15, 0.2) is 150 Å². The third kappa shape index (κ3) is 14.5. The number of anilines is 2. The lowest BCUT2D eigenvalue weighted by Gasteiger charge is -2.37. The number of aromatic amines is 2. The summed E-state index contributed by atoms with van der Waals surface area (Å²) >= 11 is 12.4. The lowest BCUT2D eigenvalue weighted by Crippen LogP contribution is -2.38. The Balaban J connectivity index is 0.981. The third-order valence-electron chi connectivity index (χ3n) is 15.0. The van der Waals surface area contributed by atoms with Gasteiger partial charge in [-0.3, -0.25) is 67.4 Å². The van der Waals surface area contributed by atoms with Gasteiger partial charge in [-0.05, 0) is 89.5 Å². The Morgan fingerprint density at radius 3 is 1.50 bits per heavy atom. The van der Waals surface area contributed by atoms with Gasteiger partial charge in [0, 0.05) is 34.7 Å². The quantitative estimate of drug-likeness (QED) is 0.0262. The van der Waals surface area contributed by atoms with Crippen LogP contribution in [-0.2, 0) is 52.1 Å². The van der Waals surface area contributed by atoms with Crippen molar-refractivity contribution in [3.05, 3.63) is 187 Å². The molecular formula is C61H62Cl2N10O17P2. The smallest absolute Gasteiger partial charge is 0.497 e. The van der Waals surface area contributed by atoms with Gasteiger partial charge in [0.25, 0.3) is 11.1 Å². The zero-order valence-corrected chi connectivity index (χ0v) is 53.3. The third-order valence-corrected chi connectivity index (χ3v) is 17.9. The van der Waals surface area contributed by atoms with Crippen molar-refractivity contribution in [2.24, 2.45) is 11.8 Å². The van der Waals surface area contributed by atoms with Crippen molar-refractivity contribution >= 4 is 84.9 Å². The molecule has 2 amide bonds. The van der Waals surface area contributed by atoms with Gasteiger partial charge in [0.15, 0.2) is 22.3 Å². The number of nitrogens with one attached hydrogen (secondary N) is 4. The summed E-state index contributed by atoms with van der Waals surface area (Å²) in [5.41, 5.74) is -1.10. The largest absolute Gasteiger partial charge is 0.530 e. The maximum absolute atomic E-state index is 16.1. The van der Waals surface area contributed by atoms with E-state index in [1.165, 1.54) is 70.3 Å². The Morgan fingerprint density at radius 1 is 0.620 bits per heavy atom. The van der Waals surface area contributed by atoms with E-state index in [9.17, 15) is 28.6 Å². The number of carbonyl (C=O) groups is 2. The van der Waals surface area contributed by atoms with Gasteiger partial charge in [-0.1, -0.05) is 105 Å². The van der Waals surface area contributed by atoms with Gasteiger partial charge in [-0.2, -0.15) is 9.97 Å². The Bertz CT molecular complexity index is 4280. The molecule has 0 aliphatic carbocycles. The molecule has 27 nitrogen and oxygen atoms in total. The summed E-state index contributed by atoms with van der Waals surface area (Å²) in [6.45, 7) is 5.55. The van der Waals surface area contributed by atoms with Gasteiger partial charge in [-0.15, -0.1) is 0 Å². The minimum absolute atomic E-state index is 0.00673. The summed E-state index contributed by atoms with van der Waals surface area (Å²) in [7, 11) is -7.10. The highest BCUT2D eigenvalue weighted by Crippen LogP contribution is 2.56. The molecule has 0 radical (unpaired) electrons. The molecule has 92 heavy (non-hydrogen) atoms. The van der Waals surface area contributed by atoms with Gasteiger partial charge in [0.05, 0.1) is 40.1 Å². The number of methoxy groups -OCH3 is 2. The van der Waals surface area contributed by atoms with E-state index in [0.29, 0.717) is 38.2 Å². The zero-order chi connectivity index (χ0) is 65.1. The average molecular weight is 1340 g/mol. The van der Waals surface area contributed by atoms with E-state index in [1.807, 2.05) is 54.6 Å². The Hall–Kier alpha value is -8.30. The lowest BCUT2D eigenvalue weighted by molar-refractivity contribution is -0.119. The minimum atomic E-state index is -5.11. The molecule has 2 aliphatic heterocycles. The Morgan fingerprint density at radius 2 is 1.04 bits per heavy atom. The molecule has 2 aliphatic rings. The molecule has 4 aromatic heterocycles. The number of ether oxygens (including phenoxy) is 5. The second-order valence-electron chi connectivity index (χ2n) is 21.9. The van der Waals surface area contributed by atoms with Crippen LogP contribution in [0.25, 0.3) is 22.3 Å². The van der Waals surface area contributed by atoms with Crippen LogP contribution in [0.2, 0.25) is 10.0 Å².